The van der Waals surface area contributed by atoms with E-state index in [1.54, 1.807) is 6.20 Å². The molecule has 0 aliphatic rings. The summed E-state index contributed by atoms with van der Waals surface area (Å²) in [7, 11) is 0. The summed E-state index contributed by atoms with van der Waals surface area (Å²) >= 11 is 0. The predicted octanol–water partition coefficient (Wildman–Crippen LogP) is 3.29. The van der Waals surface area contributed by atoms with Crippen molar-refractivity contribution in [1.82, 2.24) is 10.3 Å². The van der Waals surface area contributed by atoms with Gasteiger partial charge in [0.25, 0.3) is 0 Å². The molecule has 0 amide bonds. The second kappa shape index (κ2) is 6.17. The summed E-state index contributed by atoms with van der Waals surface area (Å²) in [6.45, 7) is 5.88. The SMILES string of the molecule is CCNCc1cncc(Oc2ccccc2C)c1. The van der Waals surface area contributed by atoms with E-state index >= 15 is 0 Å². The molecule has 18 heavy (non-hydrogen) atoms. The molecule has 0 aliphatic heterocycles. The average molecular weight is 242 g/mol. The van der Waals surface area contributed by atoms with Crippen LogP contribution in [0.2, 0.25) is 0 Å². The van der Waals surface area contributed by atoms with E-state index in [4.69, 9.17) is 4.74 Å². The molecule has 1 heterocycles. The lowest BCUT2D eigenvalue weighted by Gasteiger charge is -2.09. The van der Waals surface area contributed by atoms with Crippen molar-refractivity contribution < 1.29 is 4.74 Å². The Bertz CT molecular complexity index is 511. The highest BCUT2D eigenvalue weighted by atomic mass is 16.5. The maximum Gasteiger partial charge on any atom is 0.146 e. The Balaban J connectivity index is 2.12. The molecule has 0 unspecified atom stereocenters. The fourth-order valence-electron chi connectivity index (χ4n) is 1.68. The molecule has 0 aliphatic carbocycles. The van der Waals surface area contributed by atoms with Crippen LogP contribution in [0.3, 0.4) is 0 Å². The van der Waals surface area contributed by atoms with Crippen LogP contribution in [-0.2, 0) is 6.54 Å². The number of nitrogens with zero attached hydrogens (tertiary/aromatic N) is 1. The molecule has 0 bridgehead atoms. The van der Waals surface area contributed by atoms with E-state index < -0.39 is 0 Å². The topological polar surface area (TPSA) is 34.2 Å². The highest BCUT2D eigenvalue weighted by molar-refractivity contribution is 5.36. The molecule has 3 heteroatoms. The second-order valence-corrected chi connectivity index (χ2v) is 4.18. The van der Waals surface area contributed by atoms with E-state index in [1.807, 2.05) is 43.5 Å². The predicted molar refractivity (Wildman–Crippen MR) is 72.9 cm³/mol. The second-order valence-electron chi connectivity index (χ2n) is 4.18. The number of para-hydroxylation sites is 1. The van der Waals surface area contributed by atoms with Gasteiger partial charge in [-0.25, -0.2) is 0 Å². The normalized spacial score (nSPS) is 10.3. The molecule has 2 aromatic rings. The monoisotopic (exact) mass is 242 g/mol. The maximum absolute atomic E-state index is 5.84. The number of benzene rings is 1. The van der Waals surface area contributed by atoms with Gasteiger partial charge in [-0.15, -0.1) is 0 Å². The Morgan fingerprint density at radius 3 is 2.83 bits per heavy atom. The lowest BCUT2D eigenvalue weighted by Crippen LogP contribution is -2.11. The van der Waals surface area contributed by atoms with Gasteiger partial charge in [-0.2, -0.15) is 0 Å². The van der Waals surface area contributed by atoms with E-state index in [0.717, 1.165) is 35.7 Å². The lowest BCUT2D eigenvalue weighted by atomic mass is 10.2. The van der Waals surface area contributed by atoms with Crippen LogP contribution in [0, 0.1) is 6.92 Å². The molecule has 1 aromatic carbocycles. The van der Waals surface area contributed by atoms with Crippen LogP contribution in [0.1, 0.15) is 18.1 Å². The third-order valence-corrected chi connectivity index (χ3v) is 2.67. The van der Waals surface area contributed by atoms with Crippen LogP contribution in [-0.4, -0.2) is 11.5 Å². The Morgan fingerprint density at radius 1 is 1.22 bits per heavy atom. The molecule has 2 rings (SSSR count). The molecule has 0 spiro atoms. The van der Waals surface area contributed by atoms with Gasteiger partial charge in [0.15, 0.2) is 0 Å². The van der Waals surface area contributed by atoms with Crippen molar-refractivity contribution >= 4 is 0 Å². The number of ether oxygens (including phenoxy) is 1. The van der Waals surface area contributed by atoms with Crippen LogP contribution in [0.25, 0.3) is 0 Å². The first kappa shape index (κ1) is 12.6. The molecule has 0 saturated carbocycles. The van der Waals surface area contributed by atoms with E-state index in [9.17, 15) is 0 Å². The summed E-state index contributed by atoms with van der Waals surface area (Å²) in [5, 5.41) is 3.27. The minimum atomic E-state index is 0.778. The van der Waals surface area contributed by atoms with Gasteiger partial charge >= 0.3 is 0 Å². The number of hydrogen-bond donors (Lipinski definition) is 1. The molecular weight excluding hydrogens is 224 g/mol. The van der Waals surface area contributed by atoms with Crippen molar-refractivity contribution in [3.63, 3.8) is 0 Å². The molecule has 3 nitrogen and oxygen atoms in total. The van der Waals surface area contributed by atoms with Crippen molar-refractivity contribution in [1.29, 1.82) is 0 Å². The Kier molecular flexibility index (Phi) is 4.31. The van der Waals surface area contributed by atoms with E-state index in [2.05, 4.69) is 17.2 Å². The van der Waals surface area contributed by atoms with Crippen LogP contribution < -0.4 is 10.1 Å². The summed E-state index contributed by atoms with van der Waals surface area (Å²) in [5.74, 6) is 1.65. The van der Waals surface area contributed by atoms with Gasteiger partial charge in [-0.05, 0) is 36.7 Å². The van der Waals surface area contributed by atoms with Crippen molar-refractivity contribution in [3.05, 3.63) is 53.9 Å². The standard InChI is InChI=1S/C15H18N2O/c1-3-16-9-13-8-14(11-17-10-13)18-15-7-5-4-6-12(15)2/h4-8,10-11,16H,3,9H2,1-2H3. The minimum absolute atomic E-state index is 0.778. The smallest absolute Gasteiger partial charge is 0.146 e. The highest BCUT2D eigenvalue weighted by Gasteiger charge is 2.02. The van der Waals surface area contributed by atoms with Crippen molar-refractivity contribution in [2.24, 2.45) is 0 Å². The first-order valence-corrected chi connectivity index (χ1v) is 6.17. The van der Waals surface area contributed by atoms with Gasteiger partial charge < -0.3 is 10.1 Å². The molecule has 0 radical (unpaired) electrons. The Morgan fingerprint density at radius 2 is 2.06 bits per heavy atom. The lowest BCUT2D eigenvalue weighted by molar-refractivity contribution is 0.475. The van der Waals surface area contributed by atoms with Gasteiger partial charge in [0.2, 0.25) is 0 Å². The number of aryl methyl sites for hydroxylation is 1. The zero-order valence-electron chi connectivity index (χ0n) is 10.8. The third kappa shape index (κ3) is 3.31. The average Bonchev–Trinajstić information content (AvgIpc) is 2.40. The summed E-state index contributed by atoms with van der Waals surface area (Å²) in [4.78, 5) is 4.20. The van der Waals surface area contributed by atoms with E-state index in [-0.39, 0.29) is 0 Å². The molecule has 1 N–H and O–H groups in total. The van der Waals surface area contributed by atoms with E-state index in [1.165, 1.54) is 0 Å². The zero-order valence-corrected chi connectivity index (χ0v) is 10.8. The number of rotatable bonds is 5. The van der Waals surface area contributed by atoms with Gasteiger partial charge in [-0.1, -0.05) is 25.1 Å². The first-order chi connectivity index (χ1) is 8.79. The van der Waals surface area contributed by atoms with Gasteiger partial charge in [0.1, 0.15) is 11.5 Å². The first-order valence-electron chi connectivity index (χ1n) is 6.17. The van der Waals surface area contributed by atoms with Crippen LogP contribution in [0.5, 0.6) is 11.5 Å². The summed E-state index contributed by atoms with van der Waals surface area (Å²) in [5.41, 5.74) is 2.25. The maximum atomic E-state index is 5.84. The molecule has 0 saturated heterocycles. The number of hydrogen-bond acceptors (Lipinski definition) is 3. The molecule has 0 atom stereocenters. The van der Waals surface area contributed by atoms with Crippen molar-refractivity contribution in [3.8, 4) is 11.5 Å². The summed E-state index contributed by atoms with van der Waals surface area (Å²) in [6.07, 6.45) is 3.59. The van der Waals surface area contributed by atoms with Gasteiger partial charge in [0.05, 0.1) is 6.20 Å². The highest BCUT2D eigenvalue weighted by Crippen LogP contribution is 2.24. The molecule has 0 fully saturated rings. The van der Waals surface area contributed by atoms with Gasteiger partial charge in [-0.3, -0.25) is 4.98 Å². The largest absolute Gasteiger partial charge is 0.455 e. The fourth-order valence-corrected chi connectivity index (χ4v) is 1.68. The fraction of sp³-hybridized carbons (Fsp3) is 0.267. The number of nitrogens with one attached hydrogen (secondary N) is 1. The summed E-state index contributed by atoms with van der Waals surface area (Å²) < 4.78 is 5.84. The molecule has 94 valence electrons. The quantitative estimate of drug-likeness (QED) is 0.873. The molecule has 1 aromatic heterocycles. The van der Waals surface area contributed by atoms with E-state index in [0.29, 0.717) is 0 Å². The van der Waals surface area contributed by atoms with Crippen LogP contribution in [0.4, 0.5) is 0 Å². The Labute approximate surface area is 108 Å². The Hall–Kier alpha value is -1.87. The van der Waals surface area contributed by atoms with Crippen molar-refractivity contribution in [2.75, 3.05) is 6.54 Å². The third-order valence-electron chi connectivity index (χ3n) is 2.67. The van der Waals surface area contributed by atoms with Crippen LogP contribution >= 0.6 is 0 Å². The number of pyridine rings is 1. The van der Waals surface area contributed by atoms with Gasteiger partial charge in [0, 0.05) is 12.7 Å². The molecular formula is C15H18N2O. The van der Waals surface area contributed by atoms with Crippen molar-refractivity contribution in [2.45, 2.75) is 20.4 Å². The number of aromatic nitrogens is 1. The summed E-state index contributed by atoms with van der Waals surface area (Å²) in [6, 6.07) is 9.99. The van der Waals surface area contributed by atoms with Crippen LogP contribution in [0.15, 0.2) is 42.7 Å². The minimum Gasteiger partial charge on any atom is -0.455 e. The zero-order chi connectivity index (χ0) is 12.8.